The molecule has 1 unspecified atom stereocenters. The highest BCUT2D eigenvalue weighted by Crippen LogP contribution is 2.29. The van der Waals surface area contributed by atoms with E-state index in [0.717, 1.165) is 38.5 Å². The van der Waals surface area contributed by atoms with Gasteiger partial charge in [-0.1, -0.05) is 12.1 Å². The van der Waals surface area contributed by atoms with Gasteiger partial charge in [0.25, 0.3) is 5.91 Å². The molecule has 126 valence electrons. The number of nitrogens with zero attached hydrogens (tertiary/aromatic N) is 1. The number of morpholine rings is 1. The Kier molecular flexibility index (Phi) is 5.65. The zero-order valence-electron chi connectivity index (χ0n) is 13.8. The molecule has 2 aliphatic rings. The molecule has 0 aromatic heterocycles. The average molecular weight is 318 g/mol. The predicted molar refractivity (Wildman–Crippen MR) is 89.3 cm³/mol. The van der Waals surface area contributed by atoms with E-state index in [2.05, 4.69) is 16.3 Å². The topological polar surface area (TPSA) is 50.8 Å². The Labute approximate surface area is 137 Å². The summed E-state index contributed by atoms with van der Waals surface area (Å²) in [4.78, 5) is 14.6. The van der Waals surface area contributed by atoms with Gasteiger partial charge in [-0.2, -0.15) is 0 Å². The largest absolute Gasteiger partial charge is 0.379 e. The van der Waals surface area contributed by atoms with Gasteiger partial charge in [0.2, 0.25) is 0 Å². The molecule has 3 rings (SSSR count). The zero-order chi connectivity index (χ0) is 16.1. The van der Waals surface area contributed by atoms with E-state index in [-0.39, 0.29) is 5.91 Å². The number of ether oxygens (including phenoxy) is 2. The van der Waals surface area contributed by atoms with Crippen LogP contribution in [0.15, 0.2) is 24.3 Å². The van der Waals surface area contributed by atoms with Crippen molar-refractivity contribution in [3.8, 4) is 0 Å². The van der Waals surface area contributed by atoms with E-state index in [9.17, 15) is 4.79 Å². The third kappa shape index (κ3) is 5.30. The Balaban J connectivity index is 1.50. The number of carbonyl (C=O) groups is 1. The van der Waals surface area contributed by atoms with E-state index in [1.807, 2.05) is 25.1 Å². The normalized spacial score (nSPS) is 20.2. The minimum absolute atomic E-state index is 0.0748. The summed E-state index contributed by atoms with van der Waals surface area (Å²) in [5, 5.41) is 2.96. The molecular formula is C18H26N2O3. The van der Waals surface area contributed by atoms with Gasteiger partial charge in [0, 0.05) is 25.3 Å². The Morgan fingerprint density at radius 2 is 2.17 bits per heavy atom. The summed E-state index contributed by atoms with van der Waals surface area (Å²) in [7, 11) is 0. The van der Waals surface area contributed by atoms with Crippen LogP contribution in [-0.4, -0.2) is 49.8 Å². The Morgan fingerprint density at radius 3 is 2.91 bits per heavy atom. The minimum atomic E-state index is -0.404. The number of amides is 1. The summed E-state index contributed by atoms with van der Waals surface area (Å²) in [6.07, 6.45) is 2.06. The fourth-order valence-corrected chi connectivity index (χ4v) is 2.65. The van der Waals surface area contributed by atoms with Crippen molar-refractivity contribution in [1.29, 1.82) is 0 Å². The van der Waals surface area contributed by atoms with Crippen LogP contribution in [0.25, 0.3) is 0 Å². The molecule has 1 aromatic rings. The summed E-state index contributed by atoms with van der Waals surface area (Å²) in [5.41, 5.74) is 2.04. The van der Waals surface area contributed by atoms with E-state index in [4.69, 9.17) is 9.47 Å². The third-order valence-electron chi connectivity index (χ3n) is 4.35. The molecule has 1 saturated carbocycles. The van der Waals surface area contributed by atoms with Crippen molar-refractivity contribution in [2.24, 2.45) is 5.92 Å². The van der Waals surface area contributed by atoms with Gasteiger partial charge in [-0.05, 0) is 43.4 Å². The van der Waals surface area contributed by atoms with Crippen LogP contribution in [0.3, 0.4) is 0 Å². The van der Waals surface area contributed by atoms with Crippen molar-refractivity contribution < 1.29 is 14.3 Å². The van der Waals surface area contributed by atoms with Crippen molar-refractivity contribution in [1.82, 2.24) is 4.90 Å². The van der Waals surface area contributed by atoms with Gasteiger partial charge >= 0.3 is 0 Å². The molecule has 1 saturated heterocycles. The summed E-state index contributed by atoms with van der Waals surface area (Å²) in [5.74, 6) is 0.594. The predicted octanol–water partition coefficient (Wildman–Crippen LogP) is 2.27. The summed E-state index contributed by atoms with van der Waals surface area (Å²) in [6, 6.07) is 8.05. The molecule has 2 fully saturated rings. The molecular weight excluding hydrogens is 292 g/mol. The maximum Gasteiger partial charge on any atom is 0.253 e. The smallest absolute Gasteiger partial charge is 0.253 e. The molecule has 1 heterocycles. The molecule has 1 aliphatic heterocycles. The highest BCUT2D eigenvalue weighted by atomic mass is 16.5. The number of rotatable bonds is 7. The SMILES string of the molecule is CC(OCC1CC1)C(=O)Nc1cccc(CN2CCOCC2)c1. The number of hydrogen-bond acceptors (Lipinski definition) is 4. The van der Waals surface area contributed by atoms with Crippen LogP contribution in [0.2, 0.25) is 0 Å². The minimum Gasteiger partial charge on any atom is -0.379 e. The van der Waals surface area contributed by atoms with Crippen LogP contribution in [0.4, 0.5) is 5.69 Å². The lowest BCUT2D eigenvalue weighted by Crippen LogP contribution is -2.35. The average Bonchev–Trinajstić information content (AvgIpc) is 3.38. The molecule has 0 bridgehead atoms. The molecule has 1 aliphatic carbocycles. The maximum atomic E-state index is 12.2. The van der Waals surface area contributed by atoms with Crippen LogP contribution in [0.5, 0.6) is 0 Å². The lowest BCUT2D eigenvalue weighted by molar-refractivity contribution is -0.126. The zero-order valence-corrected chi connectivity index (χ0v) is 13.8. The fourth-order valence-electron chi connectivity index (χ4n) is 2.65. The second-order valence-electron chi connectivity index (χ2n) is 6.50. The summed E-state index contributed by atoms with van der Waals surface area (Å²) < 4.78 is 11.0. The van der Waals surface area contributed by atoms with Gasteiger partial charge in [0.15, 0.2) is 0 Å². The van der Waals surface area contributed by atoms with E-state index in [0.29, 0.717) is 12.5 Å². The number of carbonyl (C=O) groups excluding carboxylic acids is 1. The molecule has 5 heteroatoms. The molecule has 23 heavy (non-hydrogen) atoms. The molecule has 1 atom stereocenters. The van der Waals surface area contributed by atoms with Crippen LogP contribution < -0.4 is 5.32 Å². The highest BCUT2D eigenvalue weighted by molar-refractivity contribution is 5.93. The van der Waals surface area contributed by atoms with Crippen molar-refractivity contribution in [3.05, 3.63) is 29.8 Å². The number of anilines is 1. The highest BCUT2D eigenvalue weighted by Gasteiger charge is 2.24. The van der Waals surface area contributed by atoms with E-state index in [1.165, 1.54) is 18.4 Å². The maximum absolute atomic E-state index is 12.2. The van der Waals surface area contributed by atoms with E-state index in [1.54, 1.807) is 0 Å². The van der Waals surface area contributed by atoms with Gasteiger partial charge in [-0.3, -0.25) is 9.69 Å². The lowest BCUT2D eigenvalue weighted by atomic mass is 10.1. The van der Waals surface area contributed by atoms with Gasteiger partial charge in [-0.15, -0.1) is 0 Å². The van der Waals surface area contributed by atoms with E-state index >= 15 is 0 Å². The number of hydrogen-bond donors (Lipinski definition) is 1. The lowest BCUT2D eigenvalue weighted by Gasteiger charge is -2.26. The van der Waals surface area contributed by atoms with Crippen molar-refractivity contribution >= 4 is 11.6 Å². The number of benzene rings is 1. The van der Waals surface area contributed by atoms with Gasteiger partial charge in [-0.25, -0.2) is 0 Å². The first-order valence-corrected chi connectivity index (χ1v) is 8.52. The molecule has 5 nitrogen and oxygen atoms in total. The van der Waals surface area contributed by atoms with Crippen molar-refractivity contribution in [2.75, 3.05) is 38.2 Å². The quantitative estimate of drug-likeness (QED) is 0.838. The molecule has 0 spiro atoms. The molecule has 0 radical (unpaired) electrons. The van der Waals surface area contributed by atoms with Crippen LogP contribution >= 0.6 is 0 Å². The van der Waals surface area contributed by atoms with Crippen molar-refractivity contribution in [3.63, 3.8) is 0 Å². The van der Waals surface area contributed by atoms with E-state index < -0.39 is 6.10 Å². The van der Waals surface area contributed by atoms with Crippen LogP contribution in [-0.2, 0) is 20.8 Å². The van der Waals surface area contributed by atoms with Gasteiger partial charge < -0.3 is 14.8 Å². The molecule has 1 N–H and O–H groups in total. The Morgan fingerprint density at radius 1 is 1.39 bits per heavy atom. The van der Waals surface area contributed by atoms with Crippen molar-refractivity contribution in [2.45, 2.75) is 32.4 Å². The first-order chi connectivity index (χ1) is 11.2. The molecule has 1 amide bonds. The molecule has 1 aromatic carbocycles. The Bertz CT molecular complexity index is 525. The van der Waals surface area contributed by atoms with Crippen LogP contribution in [0, 0.1) is 5.92 Å². The standard InChI is InChI=1S/C18H26N2O3/c1-14(23-13-15-5-6-15)18(21)19-17-4-2-3-16(11-17)12-20-7-9-22-10-8-20/h2-4,11,14-15H,5-10,12-13H2,1H3,(H,19,21). The number of nitrogens with one attached hydrogen (secondary N) is 1. The second kappa shape index (κ2) is 7.90. The van der Waals surface area contributed by atoms with Gasteiger partial charge in [0.05, 0.1) is 19.8 Å². The third-order valence-corrected chi connectivity index (χ3v) is 4.35. The first-order valence-electron chi connectivity index (χ1n) is 8.52. The fraction of sp³-hybridized carbons (Fsp3) is 0.611. The first kappa shape index (κ1) is 16.4. The summed E-state index contributed by atoms with van der Waals surface area (Å²) in [6.45, 7) is 6.92. The van der Waals surface area contributed by atoms with Crippen LogP contribution in [0.1, 0.15) is 25.3 Å². The second-order valence-corrected chi connectivity index (χ2v) is 6.50. The summed E-state index contributed by atoms with van der Waals surface area (Å²) >= 11 is 0. The monoisotopic (exact) mass is 318 g/mol. The van der Waals surface area contributed by atoms with Gasteiger partial charge in [0.1, 0.15) is 6.10 Å². The Hall–Kier alpha value is -1.43.